The van der Waals surface area contributed by atoms with Crippen LogP contribution in [-0.2, 0) is 0 Å². The van der Waals surface area contributed by atoms with Crippen LogP contribution in [0.3, 0.4) is 0 Å². The lowest BCUT2D eigenvalue weighted by Crippen LogP contribution is -2.47. The zero-order valence-corrected chi connectivity index (χ0v) is 10.8. The lowest BCUT2D eigenvalue weighted by molar-refractivity contribution is 0.178. The van der Waals surface area contributed by atoms with Crippen LogP contribution in [0.25, 0.3) is 0 Å². The van der Waals surface area contributed by atoms with Gasteiger partial charge in [0.2, 0.25) is 5.28 Å². The number of nitrogens with zero attached hydrogens (tertiary/aromatic N) is 4. The average Bonchev–Trinajstić information content (AvgIpc) is 2.28. The van der Waals surface area contributed by atoms with Crippen LogP contribution in [0.4, 0.5) is 11.5 Å². The Morgan fingerprint density at radius 2 is 1.88 bits per heavy atom. The number of likely N-dealkylation sites (N-methyl/N-ethyl adjacent to an activating group) is 1. The Bertz CT molecular complexity index is 402. The largest absolute Gasteiger partial charge is 0.394 e. The summed E-state index contributed by atoms with van der Waals surface area (Å²) in [6, 6.07) is 0. The summed E-state index contributed by atoms with van der Waals surface area (Å²) in [5, 5.41) is 2.31. The van der Waals surface area contributed by atoms with Crippen LogP contribution in [0.15, 0.2) is 0 Å². The second kappa shape index (κ2) is 5.03. The minimum absolute atomic E-state index is 0.216. The molecule has 6 nitrogen and oxygen atoms in total. The first-order valence-corrected chi connectivity index (χ1v) is 5.94. The zero-order valence-electron chi connectivity index (χ0n) is 10.1. The summed E-state index contributed by atoms with van der Waals surface area (Å²) in [7, 11) is 2.11. The molecule has 0 spiro atoms. The Labute approximate surface area is 106 Å². The SMILES string of the molecule is Cc1nc(Cl)nc(NN2CCN(C)CC2)c1N. The number of hydrogen-bond donors (Lipinski definition) is 2. The number of aryl methyl sites for hydroxylation is 1. The van der Waals surface area contributed by atoms with Crippen molar-refractivity contribution < 1.29 is 0 Å². The summed E-state index contributed by atoms with van der Waals surface area (Å²) in [6.07, 6.45) is 0. The van der Waals surface area contributed by atoms with Gasteiger partial charge in [0.1, 0.15) is 0 Å². The molecule has 1 fully saturated rings. The molecule has 17 heavy (non-hydrogen) atoms. The van der Waals surface area contributed by atoms with Gasteiger partial charge in [-0.05, 0) is 25.6 Å². The summed E-state index contributed by atoms with van der Waals surface area (Å²) in [5.41, 5.74) is 10.4. The van der Waals surface area contributed by atoms with Gasteiger partial charge in [0.25, 0.3) is 0 Å². The Balaban J connectivity index is 2.08. The molecule has 0 aliphatic carbocycles. The third kappa shape index (κ3) is 2.96. The molecule has 1 aliphatic rings. The topological polar surface area (TPSA) is 70.3 Å². The number of nitrogens with two attached hydrogens (primary N) is 1. The van der Waals surface area contributed by atoms with Gasteiger partial charge in [0, 0.05) is 26.2 Å². The number of nitrogen functional groups attached to an aromatic ring is 1. The first-order valence-electron chi connectivity index (χ1n) is 5.56. The minimum atomic E-state index is 0.216. The Kier molecular flexibility index (Phi) is 3.66. The van der Waals surface area contributed by atoms with Crippen molar-refractivity contribution in [3.63, 3.8) is 0 Å². The van der Waals surface area contributed by atoms with E-state index < -0.39 is 0 Å². The van der Waals surface area contributed by atoms with E-state index >= 15 is 0 Å². The fourth-order valence-corrected chi connectivity index (χ4v) is 1.91. The van der Waals surface area contributed by atoms with Crippen LogP contribution < -0.4 is 11.2 Å². The molecular weight excluding hydrogens is 240 g/mol. The molecule has 1 aromatic heterocycles. The molecule has 0 saturated carbocycles. The predicted molar refractivity (Wildman–Crippen MR) is 68.9 cm³/mol. The molecule has 0 atom stereocenters. The molecule has 2 rings (SSSR count). The quantitative estimate of drug-likeness (QED) is 0.755. The molecule has 1 aromatic rings. The van der Waals surface area contributed by atoms with E-state index in [0.717, 1.165) is 26.2 Å². The van der Waals surface area contributed by atoms with E-state index in [1.165, 1.54) is 0 Å². The molecule has 7 heteroatoms. The monoisotopic (exact) mass is 256 g/mol. The Hall–Kier alpha value is -1.11. The second-order valence-corrected chi connectivity index (χ2v) is 4.58. The molecular formula is C10H17ClN6. The van der Waals surface area contributed by atoms with Crippen molar-refractivity contribution in [2.75, 3.05) is 44.4 Å². The van der Waals surface area contributed by atoms with E-state index in [2.05, 4.69) is 32.4 Å². The lowest BCUT2D eigenvalue weighted by atomic mass is 10.3. The summed E-state index contributed by atoms with van der Waals surface area (Å²) < 4.78 is 0. The standard InChI is InChI=1S/C10H17ClN6/c1-7-8(12)9(14-10(11)13-7)15-17-5-3-16(2)4-6-17/h3-6,12H2,1-2H3,(H,13,14,15). The number of piperazine rings is 1. The van der Waals surface area contributed by atoms with E-state index in [1.807, 2.05) is 6.92 Å². The fourth-order valence-electron chi connectivity index (χ4n) is 1.70. The Morgan fingerprint density at radius 1 is 1.24 bits per heavy atom. The van der Waals surface area contributed by atoms with E-state index in [-0.39, 0.29) is 5.28 Å². The maximum atomic E-state index is 5.91. The number of hydrogen-bond acceptors (Lipinski definition) is 6. The number of nitrogens with one attached hydrogen (secondary N) is 1. The van der Waals surface area contributed by atoms with Gasteiger partial charge in [0.15, 0.2) is 5.82 Å². The van der Waals surface area contributed by atoms with Gasteiger partial charge in [-0.1, -0.05) is 0 Å². The van der Waals surface area contributed by atoms with Crippen molar-refractivity contribution in [3.05, 3.63) is 11.0 Å². The molecule has 2 heterocycles. The summed E-state index contributed by atoms with van der Waals surface area (Å²) in [6.45, 7) is 5.71. The number of anilines is 2. The van der Waals surface area contributed by atoms with E-state index in [1.54, 1.807) is 0 Å². The van der Waals surface area contributed by atoms with Crippen molar-refractivity contribution in [1.82, 2.24) is 19.9 Å². The Morgan fingerprint density at radius 3 is 2.53 bits per heavy atom. The second-order valence-electron chi connectivity index (χ2n) is 4.24. The van der Waals surface area contributed by atoms with E-state index in [4.69, 9.17) is 17.3 Å². The van der Waals surface area contributed by atoms with Gasteiger partial charge in [-0.25, -0.2) is 9.99 Å². The molecule has 1 aliphatic heterocycles. The number of halogens is 1. The van der Waals surface area contributed by atoms with Gasteiger partial charge in [-0.15, -0.1) is 0 Å². The number of rotatable bonds is 2. The van der Waals surface area contributed by atoms with Crippen LogP contribution in [0.2, 0.25) is 5.28 Å². The molecule has 0 amide bonds. The minimum Gasteiger partial charge on any atom is -0.394 e. The summed E-state index contributed by atoms with van der Waals surface area (Å²) in [5.74, 6) is 0.590. The smallest absolute Gasteiger partial charge is 0.224 e. The zero-order chi connectivity index (χ0) is 12.4. The molecule has 0 bridgehead atoms. The third-order valence-electron chi connectivity index (χ3n) is 2.88. The van der Waals surface area contributed by atoms with Crippen molar-refractivity contribution in [3.8, 4) is 0 Å². The van der Waals surface area contributed by atoms with E-state index in [0.29, 0.717) is 17.2 Å². The maximum absolute atomic E-state index is 5.91. The normalized spacial score (nSPS) is 18.3. The number of hydrazine groups is 1. The fraction of sp³-hybridized carbons (Fsp3) is 0.600. The van der Waals surface area contributed by atoms with Crippen LogP contribution >= 0.6 is 11.6 Å². The summed E-state index contributed by atoms with van der Waals surface area (Å²) in [4.78, 5) is 10.4. The third-order valence-corrected chi connectivity index (χ3v) is 3.05. The van der Waals surface area contributed by atoms with Crippen LogP contribution in [0.5, 0.6) is 0 Å². The predicted octanol–water partition coefficient (Wildman–Crippen LogP) is 0.595. The lowest BCUT2D eigenvalue weighted by Gasteiger charge is -2.32. The maximum Gasteiger partial charge on any atom is 0.224 e. The molecule has 0 radical (unpaired) electrons. The van der Waals surface area contributed by atoms with Gasteiger partial charge in [0.05, 0.1) is 11.4 Å². The molecule has 0 aromatic carbocycles. The van der Waals surface area contributed by atoms with E-state index in [9.17, 15) is 0 Å². The molecule has 94 valence electrons. The van der Waals surface area contributed by atoms with Crippen LogP contribution in [0, 0.1) is 6.92 Å². The van der Waals surface area contributed by atoms with Gasteiger partial charge in [-0.2, -0.15) is 4.98 Å². The highest BCUT2D eigenvalue weighted by atomic mass is 35.5. The van der Waals surface area contributed by atoms with Crippen molar-refractivity contribution in [2.45, 2.75) is 6.92 Å². The van der Waals surface area contributed by atoms with Crippen molar-refractivity contribution in [1.29, 1.82) is 0 Å². The van der Waals surface area contributed by atoms with Crippen molar-refractivity contribution >= 4 is 23.1 Å². The highest BCUT2D eigenvalue weighted by molar-refractivity contribution is 6.28. The summed E-state index contributed by atoms with van der Waals surface area (Å²) >= 11 is 5.82. The average molecular weight is 257 g/mol. The van der Waals surface area contributed by atoms with Crippen LogP contribution in [-0.4, -0.2) is 53.1 Å². The van der Waals surface area contributed by atoms with Gasteiger partial charge < -0.3 is 16.1 Å². The van der Waals surface area contributed by atoms with Crippen molar-refractivity contribution in [2.24, 2.45) is 0 Å². The highest BCUT2D eigenvalue weighted by Crippen LogP contribution is 2.21. The number of aromatic nitrogens is 2. The van der Waals surface area contributed by atoms with Gasteiger partial charge >= 0.3 is 0 Å². The first-order chi connectivity index (χ1) is 8.06. The van der Waals surface area contributed by atoms with Crippen LogP contribution in [0.1, 0.15) is 5.69 Å². The van der Waals surface area contributed by atoms with Gasteiger partial charge in [-0.3, -0.25) is 0 Å². The molecule has 3 N–H and O–H groups in total. The highest BCUT2D eigenvalue weighted by Gasteiger charge is 2.16. The first kappa shape index (κ1) is 12.3. The molecule has 0 unspecified atom stereocenters. The molecule has 1 saturated heterocycles.